The smallest absolute Gasteiger partial charge is 0.307 e. The SMILES string of the molecule is O=C(O)C1CC1C(=O)Nc1cccnc1Cl. The van der Waals surface area contributed by atoms with Gasteiger partial charge in [0.05, 0.1) is 17.5 Å². The molecule has 0 bridgehead atoms. The van der Waals surface area contributed by atoms with E-state index in [1.165, 1.54) is 6.20 Å². The Morgan fingerprint density at radius 1 is 1.50 bits per heavy atom. The number of rotatable bonds is 3. The van der Waals surface area contributed by atoms with Crippen LogP contribution >= 0.6 is 11.6 Å². The van der Waals surface area contributed by atoms with Crippen molar-refractivity contribution in [3.8, 4) is 0 Å². The highest BCUT2D eigenvalue weighted by Crippen LogP contribution is 2.39. The summed E-state index contributed by atoms with van der Waals surface area (Å²) in [4.78, 5) is 26.0. The number of anilines is 1. The molecule has 0 aromatic carbocycles. The number of carbonyl (C=O) groups is 2. The Morgan fingerprint density at radius 2 is 2.25 bits per heavy atom. The normalized spacial score (nSPS) is 22.6. The number of aromatic nitrogens is 1. The van der Waals surface area contributed by atoms with Crippen molar-refractivity contribution >= 4 is 29.2 Å². The van der Waals surface area contributed by atoms with Gasteiger partial charge in [0.2, 0.25) is 5.91 Å². The Labute approximate surface area is 96.4 Å². The van der Waals surface area contributed by atoms with Gasteiger partial charge in [-0.1, -0.05) is 11.6 Å². The molecule has 1 amide bonds. The van der Waals surface area contributed by atoms with Crippen LogP contribution in [0.1, 0.15) is 6.42 Å². The number of halogens is 1. The summed E-state index contributed by atoms with van der Waals surface area (Å²) in [7, 11) is 0. The standard InChI is InChI=1S/C10H9ClN2O3/c11-8-7(2-1-3-12-8)13-9(14)5-4-6(5)10(15)16/h1-3,5-6H,4H2,(H,13,14)(H,15,16). The highest BCUT2D eigenvalue weighted by molar-refractivity contribution is 6.32. The average Bonchev–Trinajstić information content (AvgIpc) is 3.01. The van der Waals surface area contributed by atoms with Crippen LogP contribution in [0.2, 0.25) is 5.15 Å². The number of carboxylic acid groups (broad SMARTS) is 1. The van der Waals surface area contributed by atoms with Crippen LogP contribution in [0.25, 0.3) is 0 Å². The topological polar surface area (TPSA) is 79.3 Å². The highest BCUT2D eigenvalue weighted by Gasteiger charge is 2.48. The predicted molar refractivity (Wildman–Crippen MR) is 57.1 cm³/mol. The number of nitrogens with zero attached hydrogens (tertiary/aromatic N) is 1. The summed E-state index contributed by atoms with van der Waals surface area (Å²) in [5.41, 5.74) is 0.408. The Morgan fingerprint density at radius 3 is 2.81 bits per heavy atom. The average molecular weight is 241 g/mol. The number of nitrogens with one attached hydrogen (secondary N) is 1. The molecular weight excluding hydrogens is 232 g/mol. The van der Waals surface area contributed by atoms with Gasteiger partial charge in [-0.2, -0.15) is 0 Å². The molecule has 16 heavy (non-hydrogen) atoms. The van der Waals surface area contributed by atoms with Gasteiger partial charge >= 0.3 is 5.97 Å². The van der Waals surface area contributed by atoms with Crippen molar-refractivity contribution in [2.75, 3.05) is 5.32 Å². The van der Waals surface area contributed by atoms with Gasteiger partial charge in [0.15, 0.2) is 5.15 Å². The van der Waals surface area contributed by atoms with E-state index in [1.54, 1.807) is 12.1 Å². The lowest BCUT2D eigenvalue weighted by Gasteiger charge is -2.04. The van der Waals surface area contributed by atoms with Gasteiger partial charge in [-0.15, -0.1) is 0 Å². The molecule has 5 nitrogen and oxygen atoms in total. The zero-order valence-corrected chi connectivity index (χ0v) is 8.94. The van der Waals surface area contributed by atoms with Crippen molar-refractivity contribution in [3.05, 3.63) is 23.5 Å². The van der Waals surface area contributed by atoms with E-state index in [2.05, 4.69) is 10.3 Å². The van der Waals surface area contributed by atoms with E-state index in [0.717, 1.165) is 0 Å². The molecule has 2 unspecified atom stereocenters. The number of aliphatic carboxylic acids is 1. The summed E-state index contributed by atoms with van der Waals surface area (Å²) in [6, 6.07) is 3.26. The quantitative estimate of drug-likeness (QED) is 0.783. The van der Waals surface area contributed by atoms with Gasteiger partial charge in [-0.25, -0.2) is 4.98 Å². The molecule has 1 aromatic heterocycles. The molecule has 0 aliphatic heterocycles. The minimum absolute atomic E-state index is 0.198. The fourth-order valence-corrected chi connectivity index (χ4v) is 1.63. The van der Waals surface area contributed by atoms with Gasteiger partial charge in [0.25, 0.3) is 0 Å². The molecule has 2 N–H and O–H groups in total. The second-order valence-electron chi connectivity index (χ2n) is 3.62. The maximum atomic E-state index is 11.6. The molecule has 1 saturated carbocycles. The summed E-state index contributed by atoms with van der Waals surface area (Å²) in [5.74, 6) is -2.26. The van der Waals surface area contributed by atoms with E-state index in [-0.39, 0.29) is 11.1 Å². The summed E-state index contributed by atoms with van der Waals surface area (Å²) < 4.78 is 0. The van der Waals surface area contributed by atoms with Crippen LogP contribution in [-0.2, 0) is 9.59 Å². The lowest BCUT2D eigenvalue weighted by molar-refractivity contribution is -0.139. The van der Waals surface area contributed by atoms with Crippen molar-refractivity contribution in [1.82, 2.24) is 4.98 Å². The summed E-state index contributed by atoms with van der Waals surface area (Å²) in [5, 5.41) is 11.4. The van der Waals surface area contributed by atoms with E-state index in [4.69, 9.17) is 16.7 Å². The maximum absolute atomic E-state index is 11.6. The van der Waals surface area contributed by atoms with E-state index in [1.807, 2.05) is 0 Å². The van der Waals surface area contributed by atoms with Crippen molar-refractivity contribution in [1.29, 1.82) is 0 Å². The first kappa shape index (κ1) is 10.9. The molecule has 1 heterocycles. The number of amides is 1. The van der Waals surface area contributed by atoms with E-state index >= 15 is 0 Å². The van der Waals surface area contributed by atoms with Crippen molar-refractivity contribution in [2.45, 2.75) is 6.42 Å². The third kappa shape index (κ3) is 2.14. The predicted octanol–water partition coefficient (Wildman–Crippen LogP) is 1.39. The fraction of sp³-hybridized carbons (Fsp3) is 0.300. The molecule has 2 atom stereocenters. The lowest BCUT2D eigenvalue weighted by atomic mass is 10.3. The van der Waals surface area contributed by atoms with E-state index in [9.17, 15) is 9.59 Å². The van der Waals surface area contributed by atoms with Gasteiger partial charge in [-0.3, -0.25) is 9.59 Å². The number of hydrogen-bond donors (Lipinski definition) is 2. The molecule has 0 spiro atoms. The Bertz CT molecular complexity index is 449. The number of carbonyl (C=O) groups excluding carboxylic acids is 1. The molecule has 84 valence electrons. The summed E-state index contributed by atoms with van der Waals surface area (Å²) in [6.45, 7) is 0. The van der Waals surface area contributed by atoms with Crippen LogP contribution in [-0.4, -0.2) is 22.0 Å². The largest absolute Gasteiger partial charge is 0.481 e. The third-order valence-corrected chi connectivity index (χ3v) is 2.76. The Balaban J connectivity index is 1.99. The zero-order chi connectivity index (χ0) is 11.7. The second kappa shape index (κ2) is 4.09. The monoisotopic (exact) mass is 240 g/mol. The number of hydrogen-bond acceptors (Lipinski definition) is 3. The van der Waals surface area contributed by atoms with Crippen LogP contribution in [0.5, 0.6) is 0 Å². The van der Waals surface area contributed by atoms with Gasteiger partial charge < -0.3 is 10.4 Å². The molecule has 0 radical (unpaired) electrons. The molecule has 1 aliphatic rings. The first-order valence-electron chi connectivity index (χ1n) is 4.74. The molecule has 6 heteroatoms. The van der Waals surface area contributed by atoms with Crippen LogP contribution in [0.4, 0.5) is 5.69 Å². The molecule has 1 aliphatic carbocycles. The van der Waals surface area contributed by atoms with Crippen LogP contribution < -0.4 is 5.32 Å². The molecule has 1 aromatic rings. The summed E-state index contributed by atoms with van der Waals surface area (Å²) in [6.07, 6.45) is 1.90. The first-order chi connectivity index (χ1) is 7.59. The van der Waals surface area contributed by atoms with Crippen molar-refractivity contribution < 1.29 is 14.7 Å². The lowest BCUT2D eigenvalue weighted by Crippen LogP contribution is -2.17. The van der Waals surface area contributed by atoms with Crippen LogP contribution in [0, 0.1) is 11.8 Å². The fourth-order valence-electron chi connectivity index (χ4n) is 1.46. The molecular formula is C10H9ClN2O3. The second-order valence-corrected chi connectivity index (χ2v) is 3.98. The third-order valence-electron chi connectivity index (χ3n) is 2.46. The summed E-state index contributed by atoms with van der Waals surface area (Å²) >= 11 is 5.75. The highest BCUT2D eigenvalue weighted by atomic mass is 35.5. The zero-order valence-electron chi connectivity index (χ0n) is 8.18. The van der Waals surface area contributed by atoms with E-state index < -0.39 is 17.8 Å². The maximum Gasteiger partial charge on any atom is 0.307 e. The van der Waals surface area contributed by atoms with Crippen molar-refractivity contribution in [3.63, 3.8) is 0 Å². The molecule has 1 fully saturated rings. The number of carboxylic acids is 1. The van der Waals surface area contributed by atoms with E-state index in [0.29, 0.717) is 12.1 Å². The van der Waals surface area contributed by atoms with Gasteiger partial charge in [0, 0.05) is 6.20 Å². The van der Waals surface area contributed by atoms with Crippen LogP contribution in [0.3, 0.4) is 0 Å². The van der Waals surface area contributed by atoms with Gasteiger partial charge in [0.1, 0.15) is 0 Å². The molecule has 0 saturated heterocycles. The van der Waals surface area contributed by atoms with Crippen LogP contribution in [0.15, 0.2) is 18.3 Å². The Kier molecular flexibility index (Phi) is 2.78. The minimum atomic E-state index is -0.933. The molecule has 2 rings (SSSR count). The Hall–Kier alpha value is -1.62. The number of pyridine rings is 1. The van der Waals surface area contributed by atoms with Crippen molar-refractivity contribution in [2.24, 2.45) is 11.8 Å². The first-order valence-corrected chi connectivity index (χ1v) is 5.11. The minimum Gasteiger partial charge on any atom is -0.481 e. The van der Waals surface area contributed by atoms with Gasteiger partial charge in [-0.05, 0) is 18.6 Å².